The highest BCUT2D eigenvalue weighted by Crippen LogP contribution is 2.29. The van der Waals surface area contributed by atoms with E-state index in [-0.39, 0.29) is 12.2 Å². The number of pyridine rings is 1. The number of hydrogen-bond acceptors (Lipinski definition) is 4. The maximum Gasteiger partial charge on any atom is 0.410 e. The van der Waals surface area contributed by atoms with Gasteiger partial charge in [-0.2, -0.15) is 0 Å². The van der Waals surface area contributed by atoms with Crippen molar-refractivity contribution >= 4 is 22.9 Å². The van der Waals surface area contributed by atoms with Crippen LogP contribution < -0.4 is 4.74 Å². The molecule has 0 N–H and O–H groups in total. The monoisotopic (exact) mass is 354 g/mol. The molecule has 2 aromatic rings. The molecule has 1 aliphatic heterocycles. The summed E-state index contributed by atoms with van der Waals surface area (Å²) >= 11 is 0. The number of ether oxygens (including phenoxy) is 2. The van der Waals surface area contributed by atoms with Gasteiger partial charge in [-0.1, -0.05) is 12.7 Å². The third kappa shape index (κ3) is 4.34. The van der Waals surface area contributed by atoms with Crippen molar-refractivity contribution in [2.24, 2.45) is 0 Å². The summed E-state index contributed by atoms with van der Waals surface area (Å²) in [6, 6.07) is 6.05. The molecular weight excluding hydrogens is 328 g/mol. The topological polar surface area (TPSA) is 51.7 Å². The van der Waals surface area contributed by atoms with Gasteiger partial charge in [0.05, 0.1) is 0 Å². The zero-order valence-corrected chi connectivity index (χ0v) is 15.7. The highest BCUT2D eigenvalue weighted by Gasteiger charge is 2.27. The SMILES string of the molecule is C=Cc1cc2cnccc2cc1OC1CCN(C(=O)OC(C)(C)C)CC1. The van der Waals surface area contributed by atoms with Crippen LogP contribution in [0.2, 0.25) is 0 Å². The van der Waals surface area contributed by atoms with Crippen molar-refractivity contribution < 1.29 is 14.3 Å². The van der Waals surface area contributed by atoms with Gasteiger partial charge in [0.1, 0.15) is 17.5 Å². The molecule has 138 valence electrons. The molecule has 0 unspecified atom stereocenters. The van der Waals surface area contributed by atoms with Crippen LogP contribution in [0.1, 0.15) is 39.2 Å². The lowest BCUT2D eigenvalue weighted by molar-refractivity contribution is 0.0126. The van der Waals surface area contributed by atoms with E-state index in [9.17, 15) is 4.79 Å². The van der Waals surface area contributed by atoms with Crippen LogP contribution in [0, 0.1) is 0 Å². The number of amides is 1. The third-order valence-electron chi connectivity index (χ3n) is 4.38. The minimum Gasteiger partial charge on any atom is -0.490 e. The van der Waals surface area contributed by atoms with Crippen LogP contribution in [0.4, 0.5) is 4.79 Å². The van der Waals surface area contributed by atoms with Crippen molar-refractivity contribution in [3.63, 3.8) is 0 Å². The number of benzene rings is 1. The zero-order valence-electron chi connectivity index (χ0n) is 15.7. The van der Waals surface area contributed by atoms with E-state index in [4.69, 9.17) is 9.47 Å². The van der Waals surface area contributed by atoms with Crippen LogP contribution in [-0.4, -0.2) is 40.8 Å². The predicted octanol–water partition coefficient (Wildman–Crippen LogP) is 4.66. The van der Waals surface area contributed by atoms with Gasteiger partial charge in [0.25, 0.3) is 0 Å². The number of piperidine rings is 1. The average Bonchev–Trinajstić information content (AvgIpc) is 2.60. The Hall–Kier alpha value is -2.56. The van der Waals surface area contributed by atoms with Crippen LogP contribution >= 0.6 is 0 Å². The van der Waals surface area contributed by atoms with Gasteiger partial charge in [0.15, 0.2) is 0 Å². The molecule has 0 atom stereocenters. The average molecular weight is 354 g/mol. The summed E-state index contributed by atoms with van der Waals surface area (Å²) in [5.74, 6) is 0.828. The lowest BCUT2D eigenvalue weighted by Crippen LogP contribution is -2.44. The molecule has 1 amide bonds. The minimum absolute atomic E-state index is 0.0756. The van der Waals surface area contributed by atoms with Gasteiger partial charge < -0.3 is 14.4 Å². The van der Waals surface area contributed by atoms with Crippen molar-refractivity contribution in [2.45, 2.75) is 45.3 Å². The fourth-order valence-corrected chi connectivity index (χ4v) is 3.06. The van der Waals surface area contributed by atoms with Crippen molar-refractivity contribution in [1.82, 2.24) is 9.88 Å². The summed E-state index contributed by atoms with van der Waals surface area (Å²) in [4.78, 5) is 18.1. The maximum absolute atomic E-state index is 12.2. The number of rotatable bonds is 3. The normalized spacial score (nSPS) is 15.7. The molecule has 5 heteroatoms. The Bertz CT molecular complexity index is 802. The zero-order chi connectivity index (χ0) is 18.7. The van der Waals surface area contributed by atoms with Crippen LogP contribution in [0.5, 0.6) is 5.75 Å². The Balaban J connectivity index is 1.65. The van der Waals surface area contributed by atoms with Crippen molar-refractivity contribution in [1.29, 1.82) is 0 Å². The van der Waals surface area contributed by atoms with E-state index in [2.05, 4.69) is 11.6 Å². The molecule has 0 aliphatic carbocycles. The fourth-order valence-electron chi connectivity index (χ4n) is 3.06. The number of likely N-dealkylation sites (tertiary alicyclic amines) is 1. The fraction of sp³-hybridized carbons (Fsp3) is 0.429. The molecular formula is C21H26N2O3. The minimum atomic E-state index is -0.469. The quantitative estimate of drug-likeness (QED) is 0.805. The molecule has 1 saturated heterocycles. The lowest BCUT2D eigenvalue weighted by atomic mass is 10.1. The molecule has 0 bridgehead atoms. The lowest BCUT2D eigenvalue weighted by Gasteiger charge is -2.33. The van der Waals surface area contributed by atoms with Gasteiger partial charge in [0, 0.05) is 49.3 Å². The van der Waals surface area contributed by atoms with Crippen molar-refractivity contribution in [2.75, 3.05) is 13.1 Å². The predicted molar refractivity (Wildman–Crippen MR) is 103 cm³/mol. The van der Waals surface area contributed by atoms with E-state index in [0.717, 1.165) is 34.9 Å². The van der Waals surface area contributed by atoms with Crippen LogP contribution in [0.25, 0.3) is 16.8 Å². The first-order valence-corrected chi connectivity index (χ1v) is 9.00. The molecule has 1 aliphatic rings. The van der Waals surface area contributed by atoms with E-state index in [1.807, 2.05) is 45.2 Å². The van der Waals surface area contributed by atoms with Gasteiger partial charge in [-0.15, -0.1) is 0 Å². The molecule has 5 nitrogen and oxygen atoms in total. The Kier molecular flexibility index (Phi) is 5.16. The van der Waals surface area contributed by atoms with Gasteiger partial charge in [-0.3, -0.25) is 4.98 Å². The summed E-state index contributed by atoms with van der Waals surface area (Å²) in [5, 5.41) is 2.15. The van der Waals surface area contributed by atoms with E-state index in [1.54, 1.807) is 17.2 Å². The van der Waals surface area contributed by atoms with E-state index >= 15 is 0 Å². The number of carbonyl (C=O) groups is 1. The number of carbonyl (C=O) groups excluding carboxylic acids is 1. The highest BCUT2D eigenvalue weighted by molar-refractivity contribution is 5.86. The molecule has 0 spiro atoms. The molecule has 0 radical (unpaired) electrons. The smallest absolute Gasteiger partial charge is 0.410 e. The van der Waals surface area contributed by atoms with Gasteiger partial charge in [-0.05, 0) is 44.4 Å². The first kappa shape index (κ1) is 18.2. The Morgan fingerprint density at radius 1 is 1.27 bits per heavy atom. The summed E-state index contributed by atoms with van der Waals surface area (Å²) in [7, 11) is 0. The molecule has 0 saturated carbocycles. The van der Waals surface area contributed by atoms with Gasteiger partial charge in [-0.25, -0.2) is 4.79 Å². The Labute approximate surface area is 154 Å². The standard InChI is InChI=1S/C21H26N2O3/c1-5-15-12-17-14-22-9-6-16(17)13-19(15)25-18-7-10-23(11-8-18)20(24)26-21(2,3)4/h5-6,9,12-14,18H,1,7-8,10-11H2,2-4H3. The maximum atomic E-state index is 12.2. The Morgan fingerprint density at radius 2 is 2.00 bits per heavy atom. The first-order chi connectivity index (χ1) is 12.4. The second kappa shape index (κ2) is 7.36. The second-order valence-electron chi connectivity index (χ2n) is 7.60. The first-order valence-electron chi connectivity index (χ1n) is 9.00. The molecule has 26 heavy (non-hydrogen) atoms. The Morgan fingerprint density at radius 3 is 2.65 bits per heavy atom. The van der Waals surface area contributed by atoms with E-state index in [0.29, 0.717) is 13.1 Å². The third-order valence-corrected chi connectivity index (χ3v) is 4.38. The summed E-state index contributed by atoms with van der Waals surface area (Å²) < 4.78 is 11.7. The summed E-state index contributed by atoms with van der Waals surface area (Å²) in [6.07, 6.45) is 6.81. The molecule has 1 fully saturated rings. The second-order valence-corrected chi connectivity index (χ2v) is 7.60. The summed E-state index contributed by atoms with van der Waals surface area (Å²) in [6.45, 7) is 10.8. The van der Waals surface area contributed by atoms with E-state index < -0.39 is 5.60 Å². The van der Waals surface area contributed by atoms with Gasteiger partial charge >= 0.3 is 6.09 Å². The number of aromatic nitrogens is 1. The van der Waals surface area contributed by atoms with Crippen molar-refractivity contribution in [3.8, 4) is 5.75 Å². The number of hydrogen-bond donors (Lipinski definition) is 0. The van der Waals surface area contributed by atoms with E-state index in [1.165, 1.54) is 0 Å². The van der Waals surface area contributed by atoms with Crippen LogP contribution in [0.15, 0.2) is 37.2 Å². The van der Waals surface area contributed by atoms with Crippen LogP contribution in [0.3, 0.4) is 0 Å². The number of nitrogens with zero attached hydrogens (tertiary/aromatic N) is 2. The molecule has 3 rings (SSSR count). The number of fused-ring (bicyclic) bond motifs is 1. The molecule has 2 heterocycles. The van der Waals surface area contributed by atoms with Crippen molar-refractivity contribution in [3.05, 3.63) is 42.7 Å². The molecule has 1 aromatic carbocycles. The van der Waals surface area contributed by atoms with Crippen LogP contribution in [-0.2, 0) is 4.74 Å². The molecule has 1 aromatic heterocycles. The van der Waals surface area contributed by atoms with Gasteiger partial charge in [0.2, 0.25) is 0 Å². The summed E-state index contributed by atoms with van der Waals surface area (Å²) in [5.41, 5.74) is 0.489. The highest BCUT2D eigenvalue weighted by atomic mass is 16.6. The largest absolute Gasteiger partial charge is 0.490 e.